The second kappa shape index (κ2) is 6.13. The average molecular weight is 342 g/mol. The van der Waals surface area contributed by atoms with Crippen molar-refractivity contribution in [3.63, 3.8) is 0 Å². The molecular formula is C17H16ClN5O. The lowest BCUT2D eigenvalue weighted by atomic mass is 9.99. The van der Waals surface area contributed by atoms with Gasteiger partial charge in [0.1, 0.15) is 0 Å². The maximum absolute atomic E-state index is 12.4. The predicted octanol–water partition coefficient (Wildman–Crippen LogP) is 2.88. The number of nitrogens with zero attached hydrogens (tertiary/aromatic N) is 3. The molecule has 0 radical (unpaired) electrons. The van der Waals surface area contributed by atoms with Crippen molar-refractivity contribution in [2.75, 3.05) is 6.54 Å². The number of rotatable bonds is 2. The molecule has 0 fully saturated rings. The lowest BCUT2D eigenvalue weighted by molar-refractivity contribution is 0.192. The summed E-state index contributed by atoms with van der Waals surface area (Å²) in [7, 11) is 0. The molecule has 0 atom stereocenters. The maximum Gasteiger partial charge on any atom is 0.317 e. The first-order chi connectivity index (χ1) is 11.7. The Morgan fingerprint density at radius 2 is 2.21 bits per heavy atom. The molecule has 0 aliphatic carbocycles. The molecule has 0 bridgehead atoms. The molecule has 0 spiro atoms. The molecule has 4 rings (SSSR count). The van der Waals surface area contributed by atoms with Gasteiger partial charge in [0, 0.05) is 36.2 Å². The molecule has 6 nitrogen and oxygen atoms in total. The Morgan fingerprint density at radius 3 is 3.08 bits per heavy atom. The molecule has 2 N–H and O–H groups in total. The molecule has 1 aliphatic heterocycles. The van der Waals surface area contributed by atoms with Crippen LogP contribution in [0.4, 0.5) is 4.79 Å². The van der Waals surface area contributed by atoms with Crippen LogP contribution in [-0.4, -0.2) is 32.7 Å². The van der Waals surface area contributed by atoms with Crippen LogP contribution in [0.3, 0.4) is 0 Å². The molecule has 24 heavy (non-hydrogen) atoms. The van der Waals surface area contributed by atoms with Crippen molar-refractivity contribution in [2.45, 2.75) is 19.5 Å². The van der Waals surface area contributed by atoms with Gasteiger partial charge in [0.25, 0.3) is 0 Å². The highest BCUT2D eigenvalue weighted by atomic mass is 35.5. The summed E-state index contributed by atoms with van der Waals surface area (Å²) in [5.74, 6) is 0. The van der Waals surface area contributed by atoms with Gasteiger partial charge in [0.2, 0.25) is 0 Å². The van der Waals surface area contributed by atoms with Crippen molar-refractivity contribution in [1.82, 2.24) is 25.4 Å². The lowest BCUT2D eigenvalue weighted by Crippen LogP contribution is -2.42. The molecule has 7 heteroatoms. The second-order valence-corrected chi connectivity index (χ2v) is 6.22. The van der Waals surface area contributed by atoms with Gasteiger partial charge in [-0.05, 0) is 29.2 Å². The lowest BCUT2D eigenvalue weighted by Gasteiger charge is -2.29. The third kappa shape index (κ3) is 2.69. The number of fused-ring (bicyclic) bond motifs is 3. The van der Waals surface area contributed by atoms with Gasteiger partial charge in [0.05, 0.1) is 6.20 Å². The Bertz CT molecular complexity index is 907. The summed E-state index contributed by atoms with van der Waals surface area (Å²) in [6, 6.07) is 7.42. The number of hydrogen-bond acceptors (Lipinski definition) is 3. The van der Waals surface area contributed by atoms with Crippen LogP contribution in [0.5, 0.6) is 0 Å². The number of urea groups is 1. The highest BCUT2D eigenvalue weighted by Gasteiger charge is 2.23. The summed E-state index contributed by atoms with van der Waals surface area (Å²) in [6.45, 7) is 1.64. The Labute approximate surface area is 143 Å². The molecule has 2 amide bonds. The molecule has 1 aromatic carbocycles. The third-order valence-electron chi connectivity index (χ3n) is 4.35. The number of nitrogens with one attached hydrogen (secondary N) is 2. The number of pyridine rings is 1. The molecule has 3 heterocycles. The van der Waals surface area contributed by atoms with Gasteiger partial charge in [0.15, 0.2) is 5.65 Å². The highest BCUT2D eigenvalue weighted by molar-refractivity contribution is 6.31. The van der Waals surface area contributed by atoms with E-state index in [0.717, 1.165) is 28.6 Å². The summed E-state index contributed by atoms with van der Waals surface area (Å²) < 4.78 is 0. The molecular weight excluding hydrogens is 326 g/mol. The Kier molecular flexibility index (Phi) is 3.82. The van der Waals surface area contributed by atoms with Crippen LogP contribution in [0.1, 0.15) is 16.7 Å². The molecule has 0 saturated heterocycles. The van der Waals surface area contributed by atoms with Crippen molar-refractivity contribution >= 4 is 28.7 Å². The van der Waals surface area contributed by atoms with E-state index >= 15 is 0 Å². The molecule has 2 aromatic heterocycles. The summed E-state index contributed by atoms with van der Waals surface area (Å²) in [4.78, 5) is 18.6. The van der Waals surface area contributed by atoms with Crippen LogP contribution in [0.25, 0.3) is 11.0 Å². The normalized spacial score (nSPS) is 13.8. The standard InChI is InChI=1S/C17H16ClN5O/c18-15-4-2-1-3-11(15)7-20-17(24)23-6-5-13-12(10-23)8-19-16-14(13)9-21-22-16/h1-4,8-9H,5-7,10H2,(H,20,24)(H,19,21,22). The minimum atomic E-state index is -0.0899. The monoisotopic (exact) mass is 341 g/mol. The summed E-state index contributed by atoms with van der Waals surface area (Å²) in [5, 5.41) is 11.6. The van der Waals surface area contributed by atoms with Gasteiger partial charge < -0.3 is 10.2 Å². The SMILES string of the molecule is O=C(NCc1ccccc1Cl)N1CCc2c(cnc3[nH]ncc23)C1. The fourth-order valence-corrected chi connectivity index (χ4v) is 3.26. The zero-order chi connectivity index (χ0) is 16.5. The maximum atomic E-state index is 12.4. The summed E-state index contributed by atoms with van der Waals surface area (Å²) >= 11 is 6.12. The van der Waals surface area contributed by atoms with E-state index in [4.69, 9.17) is 11.6 Å². The topological polar surface area (TPSA) is 73.9 Å². The number of carbonyl (C=O) groups excluding carboxylic acids is 1. The van der Waals surface area contributed by atoms with E-state index in [1.165, 1.54) is 5.56 Å². The Balaban J connectivity index is 1.46. The minimum absolute atomic E-state index is 0.0899. The number of carbonyl (C=O) groups is 1. The number of benzene rings is 1. The van der Waals surface area contributed by atoms with E-state index in [-0.39, 0.29) is 6.03 Å². The minimum Gasteiger partial charge on any atom is -0.334 e. The third-order valence-corrected chi connectivity index (χ3v) is 4.72. The molecule has 1 aliphatic rings. The van der Waals surface area contributed by atoms with Crippen LogP contribution >= 0.6 is 11.6 Å². The van der Waals surface area contributed by atoms with Crippen molar-refractivity contribution < 1.29 is 4.79 Å². The largest absolute Gasteiger partial charge is 0.334 e. The quantitative estimate of drug-likeness (QED) is 0.752. The first-order valence-electron chi connectivity index (χ1n) is 7.78. The Morgan fingerprint density at radius 1 is 1.33 bits per heavy atom. The molecule has 0 saturated carbocycles. The summed E-state index contributed by atoms with van der Waals surface area (Å²) in [6.07, 6.45) is 4.42. The van der Waals surface area contributed by atoms with Gasteiger partial charge in [-0.1, -0.05) is 29.8 Å². The molecule has 0 unspecified atom stereocenters. The summed E-state index contributed by atoms with van der Waals surface area (Å²) in [5.41, 5.74) is 4.00. The van der Waals surface area contributed by atoms with Gasteiger partial charge in [-0.25, -0.2) is 9.78 Å². The highest BCUT2D eigenvalue weighted by Crippen LogP contribution is 2.24. The molecule has 3 aromatic rings. The van der Waals surface area contributed by atoms with Crippen LogP contribution in [0.15, 0.2) is 36.7 Å². The van der Waals surface area contributed by atoms with E-state index in [9.17, 15) is 4.79 Å². The number of halogens is 1. The number of hydrogen-bond donors (Lipinski definition) is 2. The smallest absolute Gasteiger partial charge is 0.317 e. The number of amides is 2. The van der Waals surface area contributed by atoms with E-state index in [2.05, 4.69) is 20.5 Å². The predicted molar refractivity (Wildman–Crippen MR) is 91.7 cm³/mol. The first-order valence-corrected chi connectivity index (χ1v) is 8.16. The van der Waals surface area contributed by atoms with Crippen LogP contribution in [0, 0.1) is 0 Å². The zero-order valence-corrected chi connectivity index (χ0v) is 13.7. The van der Waals surface area contributed by atoms with Crippen LogP contribution < -0.4 is 5.32 Å². The van der Waals surface area contributed by atoms with Gasteiger partial charge in [-0.3, -0.25) is 5.10 Å². The number of aromatic amines is 1. The van der Waals surface area contributed by atoms with Gasteiger partial charge in [-0.2, -0.15) is 5.10 Å². The van der Waals surface area contributed by atoms with E-state index in [1.54, 1.807) is 11.1 Å². The fraction of sp³-hybridized carbons (Fsp3) is 0.235. The van der Waals surface area contributed by atoms with Crippen molar-refractivity contribution in [1.29, 1.82) is 0 Å². The van der Waals surface area contributed by atoms with Crippen molar-refractivity contribution in [3.05, 3.63) is 58.4 Å². The fourth-order valence-electron chi connectivity index (χ4n) is 3.05. The second-order valence-electron chi connectivity index (χ2n) is 5.82. The number of aromatic nitrogens is 3. The van der Waals surface area contributed by atoms with Crippen LogP contribution in [-0.2, 0) is 19.5 Å². The van der Waals surface area contributed by atoms with Crippen LogP contribution in [0.2, 0.25) is 5.02 Å². The van der Waals surface area contributed by atoms with Crippen molar-refractivity contribution in [2.24, 2.45) is 0 Å². The number of H-pyrrole nitrogens is 1. The van der Waals surface area contributed by atoms with E-state index in [1.807, 2.05) is 30.5 Å². The first kappa shape index (κ1) is 15.0. The average Bonchev–Trinajstić information content (AvgIpc) is 3.09. The Hall–Kier alpha value is -2.60. The van der Waals surface area contributed by atoms with Gasteiger partial charge in [-0.15, -0.1) is 0 Å². The molecule has 122 valence electrons. The van der Waals surface area contributed by atoms with Crippen molar-refractivity contribution in [3.8, 4) is 0 Å². The van der Waals surface area contributed by atoms with E-state index < -0.39 is 0 Å². The van der Waals surface area contributed by atoms with Gasteiger partial charge >= 0.3 is 6.03 Å². The zero-order valence-electron chi connectivity index (χ0n) is 12.9. The van der Waals surface area contributed by atoms with E-state index in [0.29, 0.717) is 24.7 Å².